The molecule has 1 aromatic rings. The van der Waals surface area contributed by atoms with Gasteiger partial charge in [-0.15, -0.1) is 0 Å². The minimum absolute atomic E-state index is 0.0233. The zero-order valence-corrected chi connectivity index (χ0v) is 17.3. The number of rotatable bonds is 6. The van der Waals surface area contributed by atoms with Gasteiger partial charge in [0.1, 0.15) is 6.10 Å². The van der Waals surface area contributed by atoms with Gasteiger partial charge in [0.25, 0.3) is 5.91 Å². The van der Waals surface area contributed by atoms with Crippen molar-refractivity contribution in [1.82, 2.24) is 9.80 Å². The van der Waals surface area contributed by atoms with Crippen molar-refractivity contribution in [3.8, 4) is 5.75 Å². The van der Waals surface area contributed by atoms with Crippen LogP contribution in [0, 0.1) is 5.92 Å². The van der Waals surface area contributed by atoms with Gasteiger partial charge in [-0.1, -0.05) is 13.0 Å². The molecule has 27 heavy (non-hydrogen) atoms. The van der Waals surface area contributed by atoms with Crippen molar-refractivity contribution in [1.29, 1.82) is 0 Å². The molecule has 0 aromatic heterocycles. The molecule has 3 atom stereocenters. The average molecular weight is 400 g/mol. The number of aliphatic hydroxyl groups is 1. The Morgan fingerprint density at radius 2 is 2.07 bits per heavy atom. The molecule has 1 heterocycles. The fourth-order valence-corrected chi connectivity index (χ4v) is 3.66. The minimum Gasteiger partial charge on any atom is -0.486 e. The lowest BCUT2D eigenvalue weighted by Gasteiger charge is -2.38. The van der Waals surface area contributed by atoms with Crippen molar-refractivity contribution in [2.24, 2.45) is 5.92 Å². The number of nitrogens with zero attached hydrogens (tertiary/aromatic N) is 2. The van der Waals surface area contributed by atoms with E-state index in [1.54, 1.807) is 30.0 Å². The van der Waals surface area contributed by atoms with Crippen molar-refractivity contribution < 1.29 is 23.1 Å². The quantitative estimate of drug-likeness (QED) is 0.735. The molecule has 0 saturated heterocycles. The Morgan fingerprint density at radius 1 is 1.41 bits per heavy atom. The van der Waals surface area contributed by atoms with Crippen molar-refractivity contribution >= 4 is 21.6 Å². The van der Waals surface area contributed by atoms with Gasteiger partial charge < -0.3 is 19.6 Å². The molecule has 9 heteroatoms. The summed E-state index contributed by atoms with van der Waals surface area (Å²) in [6, 6.07) is 4.44. The van der Waals surface area contributed by atoms with Crippen LogP contribution in [0.1, 0.15) is 24.2 Å². The number of hydrogen-bond acceptors (Lipinski definition) is 6. The lowest BCUT2D eigenvalue weighted by Crippen LogP contribution is -2.49. The molecule has 1 aliphatic rings. The zero-order chi connectivity index (χ0) is 20.4. The highest BCUT2D eigenvalue weighted by atomic mass is 32.2. The molecule has 0 radical (unpaired) electrons. The van der Waals surface area contributed by atoms with Crippen LogP contribution in [-0.2, 0) is 10.0 Å². The molecule has 2 N–H and O–H groups in total. The highest BCUT2D eigenvalue weighted by Gasteiger charge is 2.34. The molecule has 0 fully saturated rings. The van der Waals surface area contributed by atoms with Gasteiger partial charge in [0.05, 0.1) is 30.2 Å². The first-order valence-electron chi connectivity index (χ1n) is 8.87. The van der Waals surface area contributed by atoms with Gasteiger partial charge >= 0.3 is 0 Å². The van der Waals surface area contributed by atoms with Crippen molar-refractivity contribution in [3.05, 3.63) is 23.8 Å². The standard InChI is InChI=1S/C18H29N3O5S/c1-12-9-21(13(2)11-22)18(23)14-7-6-8-15(19-27(5,24)25)17(14)26-16(12)10-20(3)4/h6-8,12-13,16,19,22H,9-11H2,1-5H3/t12-,13-,16+/m1/s1. The van der Waals surface area contributed by atoms with Crippen LogP contribution >= 0.6 is 0 Å². The van der Waals surface area contributed by atoms with Crippen molar-refractivity contribution in [3.63, 3.8) is 0 Å². The monoisotopic (exact) mass is 399 g/mol. The van der Waals surface area contributed by atoms with Crippen LogP contribution in [0.15, 0.2) is 18.2 Å². The number of benzene rings is 1. The van der Waals surface area contributed by atoms with Gasteiger partial charge in [-0.25, -0.2) is 8.42 Å². The number of carbonyl (C=O) groups excluding carboxylic acids is 1. The molecular weight excluding hydrogens is 370 g/mol. The number of ether oxygens (including phenoxy) is 1. The average Bonchev–Trinajstić information content (AvgIpc) is 2.56. The second-order valence-electron chi connectivity index (χ2n) is 7.44. The van der Waals surface area contributed by atoms with E-state index in [1.165, 1.54) is 0 Å². The van der Waals surface area contributed by atoms with E-state index in [0.29, 0.717) is 13.1 Å². The Hall–Kier alpha value is -1.84. The van der Waals surface area contributed by atoms with Crippen LogP contribution in [0.2, 0.25) is 0 Å². The Morgan fingerprint density at radius 3 is 2.63 bits per heavy atom. The molecule has 1 aromatic carbocycles. The van der Waals surface area contributed by atoms with Crippen LogP contribution < -0.4 is 9.46 Å². The summed E-state index contributed by atoms with van der Waals surface area (Å²) in [7, 11) is 0.309. The maximum absolute atomic E-state index is 13.1. The van der Waals surface area contributed by atoms with E-state index in [2.05, 4.69) is 4.72 Å². The molecule has 1 amide bonds. The summed E-state index contributed by atoms with van der Waals surface area (Å²) in [6.07, 6.45) is 0.791. The van der Waals surface area contributed by atoms with Crippen LogP contribution in [0.5, 0.6) is 5.75 Å². The van der Waals surface area contributed by atoms with E-state index in [0.717, 1.165) is 6.26 Å². The predicted octanol–water partition coefficient (Wildman–Crippen LogP) is 0.840. The van der Waals surface area contributed by atoms with E-state index < -0.39 is 10.0 Å². The lowest BCUT2D eigenvalue weighted by atomic mass is 9.99. The molecule has 0 bridgehead atoms. The van der Waals surface area contributed by atoms with Crippen LogP contribution in [0.4, 0.5) is 5.69 Å². The highest BCUT2D eigenvalue weighted by Crippen LogP contribution is 2.35. The number of hydrogen-bond donors (Lipinski definition) is 2. The summed E-state index contributed by atoms with van der Waals surface area (Å²) < 4.78 is 32.2. The zero-order valence-electron chi connectivity index (χ0n) is 16.5. The second kappa shape index (κ2) is 8.45. The molecule has 0 unspecified atom stereocenters. The second-order valence-corrected chi connectivity index (χ2v) is 9.19. The van der Waals surface area contributed by atoms with E-state index in [4.69, 9.17) is 4.74 Å². The molecule has 1 aliphatic heterocycles. The van der Waals surface area contributed by atoms with Crippen LogP contribution in [0.3, 0.4) is 0 Å². The van der Waals surface area contributed by atoms with E-state index >= 15 is 0 Å². The van der Waals surface area contributed by atoms with Gasteiger partial charge in [0.15, 0.2) is 5.75 Å². The fourth-order valence-electron chi connectivity index (χ4n) is 3.10. The van der Waals surface area contributed by atoms with E-state index in [1.807, 2.05) is 25.9 Å². The smallest absolute Gasteiger partial charge is 0.258 e. The van der Waals surface area contributed by atoms with Gasteiger partial charge in [0.2, 0.25) is 10.0 Å². The summed E-state index contributed by atoms with van der Waals surface area (Å²) >= 11 is 0. The summed E-state index contributed by atoms with van der Waals surface area (Å²) in [5.74, 6) is -0.0925. The number of sulfonamides is 1. The Kier molecular flexibility index (Phi) is 6.72. The summed E-state index contributed by atoms with van der Waals surface area (Å²) in [5.41, 5.74) is 0.511. The topological polar surface area (TPSA) is 99.2 Å². The third-order valence-electron chi connectivity index (χ3n) is 4.53. The maximum Gasteiger partial charge on any atom is 0.258 e. The van der Waals surface area contributed by atoms with Gasteiger partial charge in [-0.2, -0.15) is 0 Å². The first-order valence-corrected chi connectivity index (χ1v) is 10.8. The predicted molar refractivity (Wildman–Crippen MR) is 105 cm³/mol. The van der Waals surface area contributed by atoms with Crippen molar-refractivity contribution in [2.75, 3.05) is 44.8 Å². The molecule has 152 valence electrons. The van der Waals surface area contributed by atoms with E-state index in [9.17, 15) is 18.3 Å². The summed E-state index contributed by atoms with van der Waals surface area (Å²) in [4.78, 5) is 16.7. The van der Waals surface area contributed by atoms with Gasteiger partial charge in [-0.05, 0) is 33.2 Å². The summed E-state index contributed by atoms with van der Waals surface area (Å²) in [6.45, 7) is 4.64. The first kappa shape index (κ1) is 21.5. The molecule has 2 rings (SSSR count). The Labute approximate surface area is 161 Å². The number of fused-ring (bicyclic) bond motifs is 1. The number of amides is 1. The Balaban J connectivity index is 2.59. The minimum atomic E-state index is -3.54. The molecular formula is C18H29N3O5S. The third-order valence-corrected chi connectivity index (χ3v) is 5.12. The molecule has 0 spiro atoms. The molecule has 8 nitrogen and oxygen atoms in total. The highest BCUT2D eigenvalue weighted by molar-refractivity contribution is 7.92. The van der Waals surface area contributed by atoms with Crippen LogP contribution in [0.25, 0.3) is 0 Å². The number of carbonyl (C=O) groups is 1. The fraction of sp³-hybridized carbons (Fsp3) is 0.611. The van der Waals surface area contributed by atoms with E-state index in [-0.39, 0.29) is 47.6 Å². The number of anilines is 1. The maximum atomic E-state index is 13.1. The number of aliphatic hydroxyl groups excluding tert-OH is 1. The normalized spacial score (nSPS) is 21.9. The third kappa shape index (κ3) is 5.33. The number of para-hydroxylation sites is 1. The van der Waals surface area contributed by atoms with Crippen molar-refractivity contribution in [2.45, 2.75) is 26.0 Å². The largest absolute Gasteiger partial charge is 0.486 e. The molecule has 0 aliphatic carbocycles. The lowest BCUT2D eigenvalue weighted by molar-refractivity contribution is 0.0366. The van der Waals surface area contributed by atoms with Gasteiger partial charge in [0, 0.05) is 19.0 Å². The van der Waals surface area contributed by atoms with Gasteiger partial charge in [-0.3, -0.25) is 9.52 Å². The number of nitrogens with one attached hydrogen (secondary N) is 1. The van der Waals surface area contributed by atoms with Crippen LogP contribution in [-0.4, -0.2) is 81.4 Å². The Bertz CT molecular complexity index is 781. The summed E-state index contributed by atoms with van der Waals surface area (Å²) in [5, 5.41) is 9.59. The SMILES string of the molecule is C[C@@H]1CN([C@H](C)CO)C(=O)c2cccc(NS(C)(=O)=O)c2O[C@H]1CN(C)C. The first-order chi connectivity index (χ1) is 12.5. The molecule has 0 saturated carbocycles. The number of likely N-dealkylation sites (N-methyl/N-ethyl adjacent to an activating group) is 1.